The molecule has 6 rings (SSSR count). The van der Waals surface area contributed by atoms with Crippen LogP contribution in [0.15, 0.2) is 66.7 Å². The number of aliphatic hydroxyl groups is 1. The standard InChI is InChI=1S/C33H37N3O5S/c1-4-24(19-37)36-28(30(39)35-23-11-10-20-8-6-7-9-21(20)18-23)33-17-16-32(3,42-33)26(27(33)31(36)40)29(38)34-22-12-14-25(15-13-22)41-5-2/h6-15,18,24,26-28,37H,4-5,16-17,19H2,1-3H3,(H,34,38)(H,35,39)/t24-,26-,27-,28?,32+,33?/m0/s1. The Morgan fingerprint density at radius 1 is 1.00 bits per heavy atom. The van der Waals surface area contributed by atoms with Gasteiger partial charge in [0.05, 0.1) is 35.8 Å². The van der Waals surface area contributed by atoms with Crippen molar-refractivity contribution in [2.24, 2.45) is 11.8 Å². The molecule has 0 aromatic heterocycles. The van der Waals surface area contributed by atoms with Crippen LogP contribution in [0.1, 0.15) is 40.0 Å². The summed E-state index contributed by atoms with van der Waals surface area (Å²) in [6.07, 6.45) is 1.85. The van der Waals surface area contributed by atoms with Crippen LogP contribution in [-0.4, -0.2) is 62.5 Å². The Hall–Kier alpha value is -3.56. The molecule has 9 heteroatoms. The molecule has 42 heavy (non-hydrogen) atoms. The first kappa shape index (κ1) is 28.6. The summed E-state index contributed by atoms with van der Waals surface area (Å²) in [6.45, 7) is 6.16. The van der Waals surface area contributed by atoms with E-state index in [1.165, 1.54) is 0 Å². The zero-order valence-corrected chi connectivity index (χ0v) is 24.9. The predicted octanol–water partition coefficient (Wildman–Crippen LogP) is 5.07. The quantitative estimate of drug-likeness (QED) is 0.323. The second-order valence-corrected chi connectivity index (χ2v) is 13.6. The van der Waals surface area contributed by atoms with Crippen LogP contribution in [0.5, 0.6) is 5.75 Å². The maximum Gasteiger partial charge on any atom is 0.248 e. The van der Waals surface area contributed by atoms with Crippen molar-refractivity contribution in [3.05, 3.63) is 66.7 Å². The molecule has 3 aromatic carbocycles. The number of aliphatic hydroxyl groups excluding tert-OH is 1. The number of hydrogen-bond acceptors (Lipinski definition) is 6. The first-order valence-corrected chi connectivity index (χ1v) is 15.5. The van der Waals surface area contributed by atoms with Crippen molar-refractivity contribution in [1.29, 1.82) is 0 Å². The van der Waals surface area contributed by atoms with E-state index in [1.807, 2.05) is 63.2 Å². The van der Waals surface area contributed by atoms with E-state index in [1.54, 1.807) is 40.9 Å². The molecular formula is C33H37N3O5S. The predicted molar refractivity (Wildman–Crippen MR) is 166 cm³/mol. The number of hydrogen-bond donors (Lipinski definition) is 3. The largest absolute Gasteiger partial charge is 0.494 e. The van der Waals surface area contributed by atoms with Crippen molar-refractivity contribution in [2.45, 2.75) is 61.6 Å². The highest BCUT2D eigenvalue weighted by molar-refractivity contribution is 8.02. The van der Waals surface area contributed by atoms with E-state index in [0.29, 0.717) is 43.0 Å². The smallest absolute Gasteiger partial charge is 0.248 e. The van der Waals surface area contributed by atoms with E-state index < -0.39 is 33.4 Å². The lowest BCUT2D eigenvalue weighted by Gasteiger charge is -2.36. The van der Waals surface area contributed by atoms with Gasteiger partial charge in [-0.2, -0.15) is 0 Å². The Labute approximate surface area is 250 Å². The zero-order valence-electron chi connectivity index (χ0n) is 24.1. The van der Waals surface area contributed by atoms with Crippen LogP contribution in [0.2, 0.25) is 0 Å². The lowest BCUT2D eigenvalue weighted by Crippen LogP contribution is -2.54. The fourth-order valence-electron chi connectivity index (χ4n) is 7.37. The van der Waals surface area contributed by atoms with Gasteiger partial charge in [-0.1, -0.05) is 37.3 Å². The molecule has 3 aliphatic rings. The Morgan fingerprint density at radius 2 is 1.69 bits per heavy atom. The Balaban J connectivity index is 1.33. The number of likely N-dealkylation sites (tertiary alicyclic amines) is 1. The molecular weight excluding hydrogens is 550 g/mol. The Bertz CT molecular complexity index is 1530. The van der Waals surface area contributed by atoms with Gasteiger partial charge < -0.3 is 25.4 Å². The maximum atomic E-state index is 14.3. The molecule has 3 heterocycles. The minimum absolute atomic E-state index is 0.221. The fourth-order valence-corrected chi connectivity index (χ4v) is 9.71. The molecule has 1 spiro atoms. The molecule has 3 amide bonds. The molecule has 2 bridgehead atoms. The SMILES string of the molecule is CCOc1ccc(NC(=O)[C@@H]2[C@H]3C(=O)N([C@@H](CC)CO)C(C(=O)Nc4ccc5ccccc5c4)C34CC[C@@]2(C)S4)cc1. The van der Waals surface area contributed by atoms with Gasteiger partial charge >= 0.3 is 0 Å². The minimum atomic E-state index is -0.811. The Kier molecular flexibility index (Phi) is 7.43. The summed E-state index contributed by atoms with van der Waals surface area (Å²) in [7, 11) is 0. The van der Waals surface area contributed by atoms with Gasteiger partial charge in [0.15, 0.2) is 0 Å². The van der Waals surface area contributed by atoms with Crippen molar-refractivity contribution in [3.8, 4) is 5.75 Å². The molecule has 3 fully saturated rings. The van der Waals surface area contributed by atoms with Crippen LogP contribution in [-0.2, 0) is 14.4 Å². The third kappa shape index (κ3) is 4.54. The highest BCUT2D eigenvalue weighted by atomic mass is 32.2. The lowest BCUT2D eigenvalue weighted by molar-refractivity contribution is -0.141. The number of amides is 3. The number of fused-ring (bicyclic) bond motifs is 2. The summed E-state index contributed by atoms with van der Waals surface area (Å²) < 4.78 is 4.26. The molecule has 8 nitrogen and oxygen atoms in total. The fraction of sp³-hybridized carbons (Fsp3) is 0.424. The minimum Gasteiger partial charge on any atom is -0.494 e. The van der Waals surface area contributed by atoms with Crippen LogP contribution in [0, 0.1) is 11.8 Å². The number of benzene rings is 3. The molecule has 2 unspecified atom stereocenters. The molecule has 3 N–H and O–H groups in total. The van der Waals surface area contributed by atoms with Crippen molar-refractivity contribution in [1.82, 2.24) is 4.90 Å². The van der Waals surface area contributed by atoms with E-state index in [4.69, 9.17) is 4.74 Å². The maximum absolute atomic E-state index is 14.3. The highest BCUT2D eigenvalue weighted by Crippen LogP contribution is 2.71. The van der Waals surface area contributed by atoms with Gasteiger partial charge in [0.1, 0.15) is 11.8 Å². The monoisotopic (exact) mass is 587 g/mol. The van der Waals surface area contributed by atoms with E-state index in [-0.39, 0.29) is 24.3 Å². The van der Waals surface area contributed by atoms with Crippen molar-refractivity contribution >= 4 is 51.6 Å². The van der Waals surface area contributed by atoms with Crippen LogP contribution in [0.3, 0.4) is 0 Å². The van der Waals surface area contributed by atoms with Gasteiger partial charge in [0.2, 0.25) is 17.7 Å². The van der Waals surface area contributed by atoms with Crippen LogP contribution >= 0.6 is 11.8 Å². The Morgan fingerprint density at radius 3 is 2.38 bits per heavy atom. The van der Waals surface area contributed by atoms with Crippen LogP contribution in [0.25, 0.3) is 10.8 Å². The number of carbonyl (C=O) groups is 3. The summed E-state index contributed by atoms with van der Waals surface area (Å²) in [6, 6.07) is 19.6. The van der Waals surface area contributed by atoms with E-state index in [2.05, 4.69) is 10.6 Å². The normalized spacial score (nSPS) is 28.5. The molecule has 3 saturated heterocycles. The molecule has 220 valence electrons. The molecule has 3 aromatic rings. The number of rotatable bonds is 9. The summed E-state index contributed by atoms with van der Waals surface area (Å²) >= 11 is 1.62. The second-order valence-electron chi connectivity index (χ2n) is 11.7. The molecule has 0 saturated carbocycles. The van der Waals surface area contributed by atoms with Gasteiger partial charge in [-0.05, 0) is 80.3 Å². The van der Waals surface area contributed by atoms with E-state index in [0.717, 1.165) is 10.8 Å². The first-order valence-electron chi connectivity index (χ1n) is 14.7. The van der Waals surface area contributed by atoms with Gasteiger partial charge in [-0.15, -0.1) is 11.8 Å². The second kappa shape index (κ2) is 10.9. The lowest BCUT2D eigenvalue weighted by atomic mass is 9.66. The van der Waals surface area contributed by atoms with Gasteiger partial charge in [-0.3, -0.25) is 14.4 Å². The number of ether oxygens (including phenoxy) is 1. The van der Waals surface area contributed by atoms with Gasteiger partial charge in [0, 0.05) is 16.1 Å². The number of carbonyl (C=O) groups excluding carboxylic acids is 3. The molecule has 3 aliphatic heterocycles. The third-order valence-corrected chi connectivity index (χ3v) is 11.3. The van der Waals surface area contributed by atoms with Crippen molar-refractivity contribution in [3.63, 3.8) is 0 Å². The highest BCUT2D eigenvalue weighted by Gasteiger charge is 2.77. The topological polar surface area (TPSA) is 108 Å². The molecule has 0 aliphatic carbocycles. The average Bonchev–Trinajstić information content (AvgIpc) is 3.55. The summed E-state index contributed by atoms with van der Waals surface area (Å²) in [4.78, 5) is 44.1. The number of thioether (sulfide) groups is 1. The van der Waals surface area contributed by atoms with E-state index >= 15 is 0 Å². The van der Waals surface area contributed by atoms with Crippen molar-refractivity contribution in [2.75, 3.05) is 23.8 Å². The van der Waals surface area contributed by atoms with Gasteiger partial charge in [-0.25, -0.2) is 0 Å². The molecule has 0 radical (unpaired) electrons. The average molecular weight is 588 g/mol. The summed E-state index contributed by atoms with van der Waals surface area (Å²) in [5, 5.41) is 18.5. The summed E-state index contributed by atoms with van der Waals surface area (Å²) in [5.41, 5.74) is 1.28. The van der Waals surface area contributed by atoms with Crippen LogP contribution in [0.4, 0.5) is 11.4 Å². The number of nitrogens with one attached hydrogen (secondary N) is 2. The first-order chi connectivity index (χ1) is 20.2. The zero-order chi connectivity index (χ0) is 29.6. The van der Waals surface area contributed by atoms with E-state index in [9.17, 15) is 19.5 Å². The number of anilines is 2. The third-order valence-electron chi connectivity index (χ3n) is 9.27. The van der Waals surface area contributed by atoms with Crippen LogP contribution < -0.4 is 15.4 Å². The number of nitrogens with zero attached hydrogens (tertiary/aromatic N) is 1. The van der Waals surface area contributed by atoms with Crippen molar-refractivity contribution < 1.29 is 24.2 Å². The molecule has 6 atom stereocenters. The summed E-state index contributed by atoms with van der Waals surface area (Å²) in [5.74, 6) is -1.30. The van der Waals surface area contributed by atoms with Gasteiger partial charge in [0.25, 0.3) is 0 Å².